The van der Waals surface area contributed by atoms with E-state index in [9.17, 15) is 9.59 Å². The van der Waals surface area contributed by atoms with Crippen LogP contribution >= 0.6 is 0 Å². The van der Waals surface area contributed by atoms with Gasteiger partial charge in [0.25, 0.3) is 5.56 Å². The number of methoxy groups -OCH3 is 1. The lowest BCUT2D eigenvalue weighted by Crippen LogP contribution is -2.18. The first-order valence-electron chi connectivity index (χ1n) is 7.53. The number of aromatic amines is 1. The van der Waals surface area contributed by atoms with E-state index in [-0.39, 0.29) is 11.5 Å². The molecule has 0 aliphatic carbocycles. The van der Waals surface area contributed by atoms with Crippen molar-refractivity contribution in [2.45, 2.75) is 32.6 Å². The Hall–Kier alpha value is -2.63. The summed E-state index contributed by atoms with van der Waals surface area (Å²) in [6.07, 6.45) is 3.24. The number of nitrogens with one attached hydrogen (secondary N) is 1. The summed E-state index contributed by atoms with van der Waals surface area (Å²) >= 11 is 0. The molecular formula is C17H21N3O3. The Morgan fingerprint density at radius 1 is 1.22 bits per heavy atom. The topological polar surface area (TPSA) is 98.1 Å². The molecule has 0 radical (unpaired) electrons. The number of hydrogen-bond acceptors (Lipinski definition) is 5. The number of benzene rings is 1. The van der Waals surface area contributed by atoms with Crippen LogP contribution < -0.4 is 11.3 Å². The number of nitrogen functional groups attached to an aromatic ring is 1. The molecule has 3 N–H and O–H groups in total. The quantitative estimate of drug-likeness (QED) is 0.627. The van der Waals surface area contributed by atoms with Crippen LogP contribution in [0, 0.1) is 6.92 Å². The molecule has 0 atom stereocenters. The lowest BCUT2D eigenvalue weighted by Gasteiger charge is -2.06. The van der Waals surface area contributed by atoms with Gasteiger partial charge in [0.1, 0.15) is 11.6 Å². The van der Waals surface area contributed by atoms with Crippen molar-refractivity contribution in [2.24, 2.45) is 0 Å². The fourth-order valence-electron chi connectivity index (χ4n) is 2.43. The van der Waals surface area contributed by atoms with Crippen LogP contribution in [0.1, 0.15) is 40.2 Å². The molecule has 1 heterocycles. The first kappa shape index (κ1) is 16.7. The third-order valence-electron chi connectivity index (χ3n) is 3.68. The highest BCUT2D eigenvalue weighted by Gasteiger charge is 2.07. The van der Waals surface area contributed by atoms with E-state index in [1.807, 2.05) is 12.1 Å². The summed E-state index contributed by atoms with van der Waals surface area (Å²) in [6, 6.07) is 7.35. The van der Waals surface area contributed by atoms with Gasteiger partial charge in [0, 0.05) is 0 Å². The van der Waals surface area contributed by atoms with E-state index in [2.05, 4.69) is 14.7 Å². The SMILES string of the molecule is COC(=O)c1ccc(CCCCc2c(N)nc(C)[nH]c2=O)cc1. The van der Waals surface area contributed by atoms with E-state index in [0.717, 1.165) is 24.8 Å². The third kappa shape index (κ3) is 4.42. The Morgan fingerprint density at radius 2 is 1.87 bits per heavy atom. The summed E-state index contributed by atoms with van der Waals surface area (Å²) < 4.78 is 4.67. The zero-order valence-corrected chi connectivity index (χ0v) is 13.4. The Labute approximate surface area is 134 Å². The minimum absolute atomic E-state index is 0.155. The molecule has 6 heteroatoms. The van der Waals surface area contributed by atoms with Crippen molar-refractivity contribution in [3.05, 3.63) is 57.1 Å². The molecule has 1 aromatic heterocycles. The number of aromatic nitrogens is 2. The monoisotopic (exact) mass is 315 g/mol. The number of esters is 1. The summed E-state index contributed by atoms with van der Waals surface area (Å²) in [5, 5.41) is 0. The lowest BCUT2D eigenvalue weighted by molar-refractivity contribution is 0.0600. The average Bonchev–Trinajstić information content (AvgIpc) is 2.53. The molecule has 122 valence electrons. The fourth-order valence-corrected chi connectivity index (χ4v) is 2.43. The molecule has 1 aromatic carbocycles. The van der Waals surface area contributed by atoms with Gasteiger partial charge >= 0.3 is 5.97 Å². The van der Waals surface area contributed by atoms with Crippen LogP contribution in [0.25, 0.3) is 0 Å². The number of anilines is 1. The van der Waals surface area contributed by atoms with E-state index < -0.39 is 0 Å². The Kier molecular flexibility index (Phi) is 5.51. The second-order valence-electron chi connectivity index (χ2n) is 5.41. The second kappa shape index (κ2) is 7.58. The first-order valence-corrected chi connectivity index (χ1v) is 7.53. The van der Waals surface area contributed by atoms with Crippen LogP contribution in [0.2, 0.25) is 0 Å². The molecule has 23 heavy (non-hydrogen) atoms. The van der Waals surface area contributed by atoms with Crippen LogP contribution in [0.4, 0.5) is 5.82 Å². The zero-order chi connectivity index (χ0) is 16.8. The van der Waals surface area contributed by atoms with E-state index in [0.29, 0.717) is 29.2 Å². The Balaban J connectivity index is 1.86. The predicted octanol–water partition coefficient (Wildman–Crippen LogP) is 2.01. The van der Waals surface area contributed by atoms with Gasteiger partial charge < -0.3 is 15.5 Å². The van der Waals surface area contributed by atoms with E-state index in [4.69, 9.17) is 5.73 Å². The van der Waals surface area contributed by atoms with Crippen LogP contribution in [-0.2, 0) is 17.6 Å². The molecule has 0 unspecified atom stereocenters. The average molecular weight is 315 g/mol. The number of aryl methyl sites for hydroxylation is 2. The Morgan fingerprint density at radius 3 is 2.48 bits per heavy atom. The summed E-state index contributed by atoms with van der Waals surface area (Å²) in [6.45, 7) is 1.71. The zero-order valence-electron chi connectivity index (χ0n) is 13.4. The molecule has 0 aliphatic rings. The molecule has 0 spiro atoms. The van der Waals surface area contributed by atoms with Gasteiger partial charge in [-0.1, -0.05) is 12.1 Å². The van der Waals surface area contributed by atoms with Gasteiger partial charge in [-0.05, 0) is 50.3 Å². The van der Waals surface area contributed by atoms with Gasteiger partial charge in [-0.3, -0.25) is 4.79 Å². The van der Waals surface area contributed by atoms with Gasteiger partial charge in [-0.15, -0.1) is 0 Å². The molecule has 0 amide bonds. The highest BCUT2D eigenvalue weighted by molar-refractivity contribution is 5.89. The van der Waals surface area contributed by atoms with Crippen molar-refractivity contribution in [3.8, 4) is 0 Å². The van der Waals surface area contributed by atoms with Gasteiger partial charge in [-0.2, -0.15) is 0 Å². The first-order chi connectivity index (χ1) is 11.0. The molecule has 0 saturated carbocycles. The predicted molar refractivity (Wildman–Crippen MR) is 88.4 cm³/mol. The summed E-state index contributed by atoms with van der Waals surface area (Å²) in [4.78, 5) is 29.9. The minimum atomic E-state index is -0.335. The fraction of sp³-hybridized carbons (Fsp3) is 0.353. The number of ether oxygens (including phenoxy) is 1. The van der Waals surface area contributed by atoms with Crippen molar-refractivity contribution in [2.75, 3.05) is 12.8 Å². The minimum Gasteiger partial charge on any atom is -0.465 e. The number of carbonyl (C=O) groups excluding carboxylic acids is 1. The molecule has 0 saturated heterocycles. The van der Waals surface area contributed by atoms with Crippen molar-refractivity contribution in [1.82, 2.24) is 9.97 Å². The maximum absolute atomic E-state index is 11.8. The number of carbonyl (C=O) groups is 1. The van der Waals surface area contributed by atoms with Gasteiger partial charge in [0.2, 0.25) is 0 Å². The van der Waals surface area contributed by atoms with E-state index in [1.165, 1.54) is 7.11 Å². The molecular weight excluding hydrogens is 294 g/mol. The van der Waals surface area contributed by atoms with Crippen molar-refractivity contribution >= 4 is 11.8 Å². The normalized spacial score (nSPS) is 10.5. The van der Waals surface area contributed by atoms with Crippen LogP contribution in [0.3, 0.4) is 0 Å². The number of nitrogens with zero attached hydrogens (tertiary/aromatic N) is 1. The Bertz CT molecular complexity index is 736. The van der Waals surface area contributed by atoms with Crippen molar-refractivity contribution < 1.29 is 9.53 Å². The highest BCUT2D eigenvalue weighted by atomic mass is 16.5. The van der Waals surface area contributed by atoms with Crippen LogP contribution in [0.5, 0.6) is 0 Å². The van der Waals surface area contributed by atoms with E-state index in [1.54, 1.807) is 19.1 Å². The third-order valence-corrected chi connectivity index (χ3v) is 3.68. The van der Waals surface area contributed by atoms with Gasteiger partial charge in [0.05, 0.1) is 18.2 Å². The highest BCUT2D eigenvalue weighted by Crippen LogP contribution is 2.12. The summed E-state index contributed by atoms with van der Waals surface area (Å²) in [7, 11) is 1.36. The lowest BCUT2D eigenvalue weighted by atomic mass is 10.0. The van der Waals surface area contributed by atoms with Crippen molar-refractivity contribution in [1.29, 1.82) is 0 Å². The van der Waals surface area contributed by atoms with E-state index >= 15 is 0 Å². The smallest absolute Gasteiger partial charge is 0.337 e. The van der Waals surface area contributed by atoms with Gasteiger partial charge in [-0.25, -0.2) is 9.78 Å². The maximum Gasteiger partial charge on any atom is 0.337 e. The van der Waals surface area contributed by atoms with Gasteiger partial charge in [0.15, 0.2) is 0 Å². The standard InChI is InChI=1S/C17H21N3O3/c1-11-19-15(18)14(16(21)20-11)6-4-3-5-12-7-9-13(10-8-12)17(22)23-2/h7-10H,3-6H2,1-2H3,(H3,18,19,20,21). The molecule has 0 aliphatic heterocycles. The molecule has 2 rings (SSSR count). The molecule has 2 aromatic rings. The maximum atomic E-state index is 11.8. The second-order valence-corrected chi connectivity index (χ2v) is 5.41. The molecule has 0 fully saturated rings. The number of H-pyrrole nitrogens is 1. The van der Waals surface area contributed by atoms with Crippen LogP contribution in [-0.4, -0.2) is 23.0 Å². The molecule has 6 nitrogen and oxygen atoms in total. The van der Waals surface area contributed by atoms with Crippen LogP contribution in [0.15, 0.2) is 29.1 Å². The summed E-state index contributed by atoms with van der Waals surface area (Å²) in [5.41, 5.74) is 7.88. The number of hydrogen-bond donors (Lipinski definition) is 2. The largest absolute Gasteiger partial charge is 0.465 e. The molecule has 0 bridgehead atoms. The number of unbranched alkanes of at least 4 members (excludes halogenated alkanes) is 1. The number of rotatable bonds is 6. The van der Waals surface area contributed by atoms with Crippen molar-refractivity contribution in [3.63, 3.8) is 0 Å². The number of nitrogens with two attached hydrogens (primary N) is 1. The summed E-state index contributed by atoms with van der Waals surface area (Å²) in [5.74, 6) is 0.508.